The van der Waals surface area contributed by atoms with Crippen LogP contribution in [0.4, 0.5) is 0 Å². The molecule has 0 unspecified atom stereocenters. The van der Waals surface area contributed by atoms with Crippen molar-refractivity contribution in [3.63, 3.8) is 0 Å². The summed E-state index contributed by atoms with van der Waals surface area (Å²) in [6.07, 6.45) is 6.11. The normalized spacial score (nSPS) is 17.6. The summed E-state index contributed by atoms with van der Waals surface area (Å²) >= 11 is 1.88. The highest BCUT2D eigenvalue weighted by molar-refractivity contribution is 7.98. The zero-order valence-electron chi connectivity index (χ0n) is 10.3. The summed E-state index contributed by atoms with van der Waals surface area (Å²) in [6, 6.07) is 6.89. The fraction of sp³-hybridized carbons (Fsp3) is 0.571. The summed E-state index contributed by atoms with van der Waals surface area (Å²) in [5.74, 6) is 0.884. The van der Waals surface area contributed by atoms with Crippen molar-refractivity contribution in [2.75, 3.05) is 19.3 Å². The van der Waals surface area contributed by atoms with Gasteiger partial charge in [0.2, 0.25) is 0 Å². The maximum absolute atomic E-state index is 3.43. The van der Waals surface area contributed by atoms with Crippen LogP contribution in [0.1, 0.15) is 24.0 Å². The molecule has 1 saturated heterocycles. The van der Waals surface area contributed by atoms with E-state index in [4.69, 9.17) is 0 Å². The van der Waals surface area contributed by atoms with Gasteiger partial charge in [-0.1, -0.05) is 17.7 Å². The Morgan fingerprint density at radius 2 is 2.06 bits per heavy atom. The Labute approximate surface area is 103 Å². The minimum atomic E-state index is 0.884. The molecule has 0 amide bonds. The average Bonchev–Trinajstić information content (AvgIpc) is 2.33. The molecule has 0 atom stereocenters. The number of hydrogen-bond donors (Lipinski definition) is 1. The van der Waals surface area contributed by atoms with Crippen molar-refractivity contribution in [1.82, 2.24) is 5.32 Å². The van der Waals surface area contributed by atoms with Crippen LogP contribution in [0.3, 0.4) is 0 Å². The Hall–Kier alpha value is -0.470. The maximum Gasteiger partial charge on any atom is 0.0104 e. The number of aryl methyl sites for hydroxylation is 1. The Morgan fingerprint density at radius 3 is 2.75 bits per heavy atom. The van der Waals surface area contributed by atoms with Gasteiger partial charge in [0.1, 0.15) is 0 Å². The summed E-state index contributed by atoms with van der Waals surface area (Å²) in [5.41, 5.74) is 2.92. The van der Waals surface area contributed by atoms with E-state index in [1.807, 2.05) is 11.8 Å². The molecule has 1 heterocycles. The van der Waals surface area contributed by atoms with Crippen molar-refractivity contribution < 1.29 is 0 Å². The van der Waals surface area contributed by atoms with Gasteiger partial charge in [0, 0.05) is 4.90 Å². The van der Waals surface area contributed by atoms with Crippen molar-refractivity contribution in [2.24, 2.45) is 5.92 Å². The number of nitrogens with one attached hydrogen (secondary N) is 1. The largest absolute Gasteiger partial charge is 0.317 e. The van der Waals surface area contributed by atoms with Gasteiger partial charge in [-0.2, -0.15) is 0 Å². The lowest BCUT2D eigenvalue weighted by Crippen LogP contribution is -2.28. The van der Waals surface area contributed by atoms with Gasteiger partial charge in [0.25, 0.3) is 0 Å². The first-order valence-corrected chi connectivity index (χ1v) is 7.36. The van der Waals surface area contributed by atoms with Crippen molar-refractivity contribution >= 4 is 11.8 Å². The molecule has 0 spiro atoms. The topological polar surface area (TPSA) is 12.0 Å². The number of piperidine rings is 1. The Bertz CT molecular complexity index is 343. The average molecular weight is 235 g/mol. The maximum atomic E-state index is 3.43. The molecule has 1 nitrogen and oxygen atoms in total. The van der Waals surface area contributed by atoms with Crippen LogP contribution in [0.15, 0.2) is 23.1 Å². The molecule has 1 aromatic carbocycles. The third-order valence-corrected chi connectivity index (χ3v) is 4.23. The molecule has 1 fully saturated rings. The second-order valence-electron chi connectivity index (χ2n) is 4.71. The predicted molar refractivity (Wildman–Crippen MR) is 72.3 cm³/mol. The number of hydrogen-bond acceptors (Lipinski definition) is 2. The van der Waals surface area contributed by atoms with Gasteiger partial charge in [-0.25, -0.2) is 0 Å². The van der Waals surface area contributed by atoms with Crippen LogP contribution in [0, 0.1) is 12.8 Å². The SMILES string of the molecule is CSc1cc(C)ccc1CC1CCNCC1. The molecule has 1 aliphatic rings. The van der Waals surface area contributed by atoms with Crippen LogP contribution < -0.4 is 5.32 Å². The third-order valence-electron chi connectivity index (χ3n) is 3.41. The number of thioether (sulfide) groups is 1. The minimum absolute atomic E-state index is 0.884. The van der Waals surface area contributed by atoms with E-state index in [9.17, 15) is 0 Å². The number of benzene rings is 1. The van der Waals surface area contributed by atoms with Crippen molar-refractivity contribution in [3.8, 4) is 0 Å². The Balaban J connectivity index is 2.07. The lowest BCUT2D eigenvalue weighted by Gasteiger charge is -2.23. The summed E-state index contributed by atoms with van der Waals surface area (Å²) < 4.78 is 0. The van der Waals surface area contributed by atoms with Crippen LogP contribution in [-0.2, 0) is 6.42 Å². The zero-order valence-corrected chi connectivity index (χ0v) is 11.1. The Morgan fingerprint density at radius 1 is 1.31 bits per heavy atom. The van der Waals surface area contributed by atoms with Crippen LogP contribution in [0.5, 0.6) is 0 Å². The highest BCUT2D eigenvalue weighted by Crippen LogP contribution is 2.26. The molecular formula is C14H21NS. The second-order valence-corrected chi connectivity index (χ2v) is 5.56. The second kappa shape index (κ2) is 5.74. The highest BCUT2D eigenvalue weighted by Gasteiger charge is 2.15. The molecular weight excluding hydrogens is 214 g/mol. The molecule has 1 N–H and O–H groups in total. The van der Waals surface area contributed by atoms with Crippen LogP contribution >= 0.6 is 11.8 Å². The van der Waals surface area contributed by atoms with Gasteiger partial charge >= 0.3 is 0 Å². The van der Waals surface area contributed by atoms with Crippen LogP contribution in [-0.4, -0.2) is 19.3 Å². The van der Waals surface area contributed by atoms with E-state index in [1.54, 1.807) is 5.56 Å². The lowest BCUT2D eigenvalue weighted by molar-refractivity contribution is 0.371. The first-order valence-electron chi connectivity index (χ1n) is 6.14. The van der Waals surface area contributed by atoms with E-state index in [1.165, 1.54) is 42.8 Å². The van der Waals surface area contributed by atoms with Crippen LogP contribution in [0.25, 0.3) is 0 Å². The van der Waals surface area contributed by atoms with E-state index < -0.39 is 0 Å². The van der Waals surface area contributed by atoms with E-state index in [0.29, 0.717) is 0 Å². The fourth-order valence-electron chi connectivity index (χ4n) is 2.42. The minimum Gasteiger partial charge on any atom is -0.317 e. The van der Waals surface area contributed by atoms with Crippen molar-refractivity contribution in [3.05, 3.63) is 29.3 Å². The molecule has 1 aliphatic heterocycles. The monoisotopic (exact) mass is 235 g/mol. The van der Waals surface area contributed by atoms with E-state index in [0.717, 1.165) is 5.92 Å². The molecule has 0 bridgehead atoms. The van der Waals surface area contributed by atoms with E-state index in [2.05, 4.69) is 36.7 Å². The standard InChI is InChI=1S/C14H21NS/c1-11-3-4-13(14(9-11)16-2)10-12-5-7-15-8-6-12/h3-4,9,12,15H,5-8,10H2,1-2H3. The number of rotatable bonds is 3. The molecule has 0 aliphatic carbocycles. The molecule has 2 rings (SSSR count). The zero-order chi connectivity index (χ0) is 11.4. The quantitative estimate of drug-likeness (QED) is 0.807. The van der Waals surface area contributed by atoms with E-state index in [-0.39, 0.29) is 0 Å². The molecule has 16 heavy (non-hydrogen) atoms. The summed E-state index contributed by atoms with van der Waals surface area (Å²) in [4.78, 5) is 1.47. The van der Waals surface area contributed by atoms with Gasteiger partial charge in [0.15, 0.2) is 0 Å². The summed E-state index contributed by atoms with van der Waals surface area (Å²) in [7, 11) is 0. The molecule has 0 saturated carbocycles. The predicted octanol–water partition coefficient (Wildman–Crippen LogP) is 3.26. The molecule has 1 aromatic rings. The molecule has 0 aromatic heterocycles. The summed E-state index contributed by atoms with van der Waals surface area (Å²) in [6.45, 7) is 4.57. The van der Waals surface area contributed by atoms with Gasteiger partial charge < -0.3 is 5.32 Å². The van der Waals surface area contributed by atoms with Crippen molar-refractivity contribution in [2.45, 2.75) is 31.1 Å². The van der Waals surface area contributed by atoms with Gasteiger partial charge in [0.05, 0.1) is 0 Å². The molecule has 88 valence electrons. The van der Waals surface area contributed by atoms with Gasteiger partial charge in [-0.15, -0.1) is 11.8 Å². The highest BCUT2D eigenvalue weighted by atomic mass is 32.2. The summed E-state index contributed by atoms with van der Waals surface area (Å²) in [5, 5.41) is 3.43. The van der Waals surface area contributed by atoms with Gasteiger partial charge in [-0.05, 0) is 63.1 Å². The van der Waals surface area contributed by atoms with Gasteiger partial charge in [-0.3, -0.25) is 0 Å². The lowest BCUT2D eigenvalue weighted by atomic mass is 9.91. The molecule has 0 radical (unpaired) electrons. The van der Waals surface area contributed by atoms with E-state index >= 15 is 0 Å². The fourth-order valence-corrected chi connectivity index (χ4v) is 3.13. The first kappa shape index (κ1) is 12.0. The van der Waals surface area contributed by atoms with Crippen molar-refractivity contribution in [1.29, 1.82) is 0 Å². The third kappa shape index (κ3) is 3.02. The van der Waals surface area contributed by atoms with Crippen LogP contribution in [0.2, 0.25) is 0 Å². The Kier molecular flexibility index (Phi) is 4.30. The molecule has 2 heteroatoms. The smallest absolute Gasteiger partial charge is 0.0104 e. The first-order chi connectivity index (χ1) is 7.79.